The Hall–Kier alpha value is -0.910. The molecule has 96 valence electrons. The fraction of sp³-hybridized carbons (Fsp3) is 0.308. The average molecular weight is 327 g/mol. The fourth-order valence-corrected chi connectivity index (χ4v) is 3.03. The maximum Gasteiger partial charge on any atom is 0.124 e. The first-order valence-corrected chi connectivity index (χ1v) is 7.17. The Morgan fingerprint density at radius 3 is 2.67 bits per heavy atom. The lowest BCUT2D eigenvalue weighted by Crippen LogP contribution is -2.13. The number of halogens is 1. The van der Waals surface area contributed by atoms with Crippen molar-refractivity contribution in [2.24, 2.45) is 5.73 Å². The molecule has 0 saturated carbocycles. The predicted octanol–water partition coefficient (Wildman–Crippen LogP) is 3.58. The molecule has 2 N–H and O–H groups in total. The number of thiazole rings is 1. The van der Waals surface area contributed by atoms with Gasteiger partial charge < -0.3 is 10.5 Å². The van der Waals surface area contributed by atoms with E-state index in [-0.39, 0.29) is 6.04 Å². The second kappa shape index (κ2) is 5.38. The van der Waals surface area contributed by atoms with Gasteiger partial charge >= 0.3 is 0 Å². The summed E-state index contributed by atoms with van der Waals surface area (Å²) in [4.78, 5) is 5.72. The van der Waals surface area contributed by atoms with Gasteiger partial charge in [-0.2, -0.15) is 0 Å². The number of aryl methyl sites for hydroxylation is 2. The van der Waals surface area contributed by atoms with Crippen molar-refractivity contribution in [2.45, 2.75) is 19.9 Å². The Bertz CT molecular complexity index is 549. The quantitative estimate of drug-likeness (QED) is 0.937. The van der Waals surface area contributed by atoms with Gasteiger partial charge in [-0.05, 0) is 32.0 Å². The van der Waals surface area contributed by atoms with E-state index in [1.807, 2.05) is 25.1 Å². The van der Waals surface area contributed by atoms with Crippen molar-refractivity contribution >= 4 is 27.3 Å². The third-order valence-electron chi connectivity index (χ3n) is 2.84. The Labute approximate surface area is 119 Å². The summed E-state index contributed by atoms with van der Waals surface area (Å²) in [6, 6.07) is 5.57. The van der Waals surface area contributed by atoms with Crippen molar-refractivity contribution in [3.63, 3.8) is 0 Å². The fourth-order valence-electron chi connectivity index (χ4n) is 1.71. The second-order valence-corrected chi connectivity index (χ2v) is 6.21. The minimum Gasteiger partial charge on any atom is -0.496 e. The number of benzene rings is 1. The van der Waals surface area contributed by atoms with Gasteiger partial charge in [-0.3, -0.25) is 0 Å². The van der Waals surface area contributed by atoms with Gasteiger partial charge in [0.05, 0.1) is 18.8 Å². The van der Waals surface area contributed by atoms with Crippen LogP contribution < -0.4 is 10.5 Å². The van der Waals surface area contributed by atoms with E-state index in [0.29, 0.717) is 0 Å². The van der Waals surface area contributed by atoms with Gasteiger partial charge in [0.25, 0.3) is 0 Å². The summed E-state index contributed by atoms with van der Waals surface area (Å²) in [5.74, 6) is 0.788. The van der Waals surface area contributed by atoms with Crippen molar-refractivity contribution in [3.8, 4) is 5.75 Å². The van der Waals surface area contributed by atoms with Crippen LogP contribution in [0.1, 0.15) is 27.2 Å². The molecule has 0 amide bonds. The standard InChI is InChI=1S/C13H15BrN2OS/c1-7-8(2)18-13(16-7)12(15)10-6-9(14)4-5-11(10)17-3/h4-6,12H,15H2,1-3H3. The summed E-state index contributed by atoms with van der Waals surface area (Å²) in [7, 11) is 1.65. The monoisotopic (exact) mass is 326 g/mol. The van der Waals surface area contributed by atoms with Crippen LogP contribution in [0.5, 0.6) is 5.75 Å². The second-order valence-electron chi connectivity index (χ2n) is 4.06. The van der Waals surface area contributed by atoms with E-state index in [2.05, 4.69) is 27.8 Å². The van der Waals surface area contributed by atoms with Crippen LogP contribution in [0.3, 0.4) is 0 Å². The smallest absolute Gasteiger partial charge is 0.124 e. The molecule has 0 saturated heterocycles. The van der Waals surface area contributed by atoms with Gasteiger partial charge in [0.2, 0.25) is 0 Å². The van der Waals surface area contributed by atoms with Crippen LogP contribution in [0.15, 0.2) is 22.7 Å². The minimum absolute atomic E-state index is 0.255. The van der Waals surface area contributed by atoms with Crippen molar-refractivity contribution in [1.29, 1.82) is 0 Å². The Morgan fingerprint density at radius 1 is 1.39 bits per heavy atom. The van der Waals surface area contributed by atoms with Crippen molar-refractivity contribution in [3.05, 3.63) is 43.8 Å². The third kappa shape index (κ3) is 2.58. The minimum atomic E-state index is -0.255. The number of hydrogen-bond acceptors (Lipinski definition) is 4. The topological polar surface area (TPSA) is 48.1 Å². The molecule has 1 atom stereocenters. The maximum atomic E-state index is 6.29. The highest BCUT2D eigenvalue weighted by atomic mass is 79.9. The van der Waals surface area contributed by atoms with Gasteiger partial charge in [-0.25, -0.2) is 4.98 Å². The van der Waals surface area contributed by atoms with Crippen LogP contribution in [0.4, 0.5) is 0 Å². The molecule has 2 aromatic rings. The number of nitrogens with two attached hydrogens (primary N) is 1. The zero-order valence-electron chi connectivity index (χ0n) is 10.5. The first-order valence-electron chi connectivity index (χ1n) is 5.56. The summed E-state index contributed by atoms with van der Waals surface area (Å²) in [5.41, 5.74) is 8.28. The summed E-state index contributed by atoms with van der Waals surface area (Å²) >= 11 is 5.09. The molecule has 0 bridgehead atoms. The van der Waals surface area contributed by atoms with Crippen molar-refractivity contribution < 1.29 is 4.74 Å². The molecule has 0 radical (unpaired) electrons. The summed E-state index contributed by atoms with van der Waals surface area (Å²) in [6.45, 7) is 4.06. The number of hydrogen-bond donors (Lipinski definition) is 1. The van der Waals surface area contributed by atoms with Gasteiger partial charge in [0.15, 0.2) is 0 Å². The third-order valence-corrected chi connectivity index (χ3v) is 4.49. The zero-order valence-corrected chi connectivity index (χ0v) is 12.9. The lowest BCUT2D eigenvalue weighted by molar-refractivity contribution is 0.407. The van der Waals surface area contributed by atoms with E-state index >= 15 is 0 Å². The summed E-state index contributed by atoms with van der Waals surface area (Å²) in [5, 5.41) is 0.918. The highest BCUT2D eigenvalue weighted by Crippen LogP contribution is 2.33. The van der Waals surface area contributed by atoms with Crippen molar-refractivity contribution in [2.75, 3.05) is 7.11 Å². The lowest BCUT2D eigenvalue weighted by atomic mass is 10.1. The van der Waals surface area contributed by atoms with E-state index in [1.54, 1.807) is 18.4 Å². The Balaban J connectivity index is 2.44. The Kier molecular flexibility index (Phi) is 4.04. The maximum absolute atomic E-state index is 6.29. The molecule has 18 heavy (non-hydrogen) atoms. The molecule has 5 heteroatoms. The van der Waals surface area contributed by atoms with Crippen molar-refractivity contribution in [1.82, 2.24) is 4.98 Å². The molecule has 1 unspecified atom stereocenters. The number of nitrogens with zero attached hydrogens (tertiary/aromatic N) is 1. The molecule has 0 spiro atoms. The SMILES string of the molecule is COc1ccc(Br)cc1C(N)c1nc(C)c(C)s1. The summed E-state index contributed by atoms with van der Waals surface area (Å²) < 4.78 is 6.34. The van der Waals surface area contributed by atoms with Gasteiger partial charge in [0.1, 0.15) is 10.8 Å². The van der Waals surface area contributed by atoms with Crippen LogP contribution in [0.25, 0.3) is 0 Å². The van der Waals surface area contributed by atoms with E-state index in [9.17, 15) is 0 Å². The molecular formula is C13H15BrN2OS. The van der Waals surface area contributed by atoms with Gasteiger partial charge in [-0.1, -0.05) is 15.9 Å². The normalized spacial score (nSPS) is 12.5. The van der Waals surface area contributed by atoms with Gasteiger partial charge in [0, 0.05) is 14.9 Å². The molecule has 1 aromatic heterocycles. The molecule has 3 nitrogen and oxygen atoms in total. The summed E-state index contributed by atoms with van der Waals surface area (Å²) in [6.07, 6.45) is 0. The van der Waals surface area contributed by atoms with Gasteiger partial charge in [-0.15, -0.1) is 11.3 Å². The van der Waals surface area contributed by atoms with Crippen LogP contribution in [0.2, 0.25) is 0 Å². The zero-order chi connectivity index (χ0) is 13.3. The molecular weight excluding hydrogens is 312 g/mol. The van der Waals surface area contributed by atoms with E-state index in [1.165, 1.54) is 4.88 Å². The average Bonchev–Trinajstić information content (AvgIpc) is 2.68. The molecule has 0 aliphatic rings. The Morgan fingerprint density at radius 2 is 2.11 bits per heavy atom. The highest BCUT2D eigenvalue weighted by molar-refractivity contribution is 9.10. The molecule has 1 aromatic carbocycles. The van der Waals surface area contributed by atoms with E-state index in [4.69, 9.17) is 10.5 Å². The number of rotatable bonds is 3. The first-order chi connectivity index (χ1) is 8.52. The largest absolute Gasteiger partial charge is 0.496 e. The highest BCUT2D eigenvalue weighted by Gasteiger charge is 2.18. The molecule has 2 rings (SSSR count). The molecule has 0 fully saturated rings. The lowest BCUT2D eigenvalue weighted by Gasteiger charge is -2.14. The van der Waals surface area contributed by atoms with Crippen LogP contribution in [0, 0.1) is 13.8 Å². The van der Waals surface area contributed by atoms with E-state index in [0.717, 1.165) is 26.5 Å². The van der Waals surface area contributed by atoms with Crippen LogP contribution >= 0.6 is 27.3 Å². The number of aromatic nitrogens is 1. The van der Waals surface area contributed by atoms with Crippen LogP contribution in [-0.4, -0.2) is 12.1 Å². The first kappa shape index (κ1) is 13.5. The number of ether oxygens (including phenoxy) is 1. The molecule has 0 aliphatic heterocycles. The molecule has 1 heterocycles. The van der Waals surface area contributed by atoms with Crippen LogP contribution in [-0.2, 0) is 0 Å². The predicted molar refractivity (Wildman–Crippen MR) is 78.3 cm³/mol. The number of methoxy groups -OCH3 is 1. The molecule has 0 aliphatic carbocycles. The van der Waals surface area contributed by atoms with E-state index < -0.39 is 0 Å².